The summed E-state index contributed by atoms with van der Waals surface area (Å²) in [5.41, 5.74) is 2.90. The van der Waals surface area contributed by atoms with Gasteiger partial charge in [-0.05, 0) is 35.7 Å². The van der Waals surface area contributed by atoms with Crippen molar-refractivity contribution in [2.24, 2.45) is 0 Å². The Kier molecular flexibility index (Phi) is 2.91. The normalized spacial score (nSPS) is 13.4. The van der Waals surface area contributed by atoms with E-state index >= 15 is 0 Å². The lowest BCUT2D eigenvalue weighted by molar-refractivity contribution is -0.117. The lowest BCUT2D eigenvalue weighted by Crippen LogP contribution is -2.30. The fourth-order valence-corrected chi connectivity index (χ4v) is 2.42. The third-order valence-corrected chi connectivity index (χ3v) is 3.34. The highest BCUT2D eigenvalue weighted by Crippen LogP contribution is 2.27. The molecule has 0 fully saturated rings. The molecule has 0 spiro atoms. The molecular weight excluding hydrogens is 240 g/mol. The molecule has 0 atom stereocenters. The fraction of sp³-hybridized carbons (Fsp3) is 0.200. The molecule has 0 unspecified atom stereocenters. The fourth-order valence-electron chi connectivity index (χ4n) is 2.42. The molecule has 0 saturated carbocycles. The highest BCUT2D eigenvalue weighted by atomic mass is 16.3. The van der Waals surface area contributed by atoms with Crippen molar-refractivity contribution < 1.29 is 9.90 Å². The van der Waals surface area contributed by atoms with E-state index in [1.165, 1.54) is 0 Å². The van der Waals surface area contributed by atoms with Crippen molar-refractivity contribution in [2.45, 2.75) is 12.8 Å². The van der Waals surface area contributed by atoms with Crippen molar-refractivity contribution in [3.05, 3.63) is 53.9 Å². The number of benzene rings is 1. The molecule has 1 N–H and O–H groups in total. The van der Waals surface area contributed by atoms with Crippen LogP contribution in [0.25, 0.3) is 0 Å². The Hall–Kier alpha value is -2.36. The summed E-state index contributed by atoms with van der Waals surface area (Å²) in [6, 6.07) is 8.70. The van der Waals surface area contributed by atoms with Gasteiger partial charge in [0.15, 0.2) is 0 Å². The molecule has 0 radical (unpaired) electrons. The van der Waals surface area contributed by atoms with Crippen LogP contribution in [0.4, 0.5) is 5.69 Å². The maximum Gasteiger partial charge on any atom is 0.231 e. The zero-order valence-electron chi connectivity index (χ0n) is 10.4. The molecule has 1 aliphatic heterocycles. The first kappa shape index (κ1) is 11.7. The summed E-state index contributed by atoms with van der Waals surface area (Å²) < 4.78 is 0. The van der Waals surface area contributed by atoms with Crippen LogP contribution in [0, 0.1) is 0 Å². The van der Waals surface area contributed by atoms with Gasteiger partial charge in [0.1, 0.15) is 5.75 Å². The molecule has 3 rings (SSSR count). The van der Waals surface area contributed by atoms with Crippen molar-refractivity contribution in [2.75, 3.05) is 11.4 Å². The second kappa shape index (κ2) is 4.72. The van der Waals surface area contributed by atoms with E-state index in [-0.39, 0.29) is 11.7 Å². The van der Waals surface area contributed by atoms with Crippen LogP contribution >= 0.6 is 0 Å². The monoisotopic (exact) mass is 254 g/mol. The van der Waals surface area contributed by atoms with Crippen molar-refractivity contribution >= 4 is 11.6 Å². The van der Waals surface area contributed by atoms with E-state index in [1.807, 2.05) is 18.3 Å². The van der Waals surface area contributed by atoms with Crippen LogP contribution in [0.15, 0.2) is 42.7 Å². The molecule has 1 aliphatic rings. The number of hydrogen-bond donors (Lipinski definition) is 1. The van der Waals surface area contributed by atoms with Gasteiger partial charge in [0.2, 0.25) is 5.91 Å². The number of pyridine rings is 1. The predicted octanol–water partition coefficient (Wildman–Crippen LogP) is 1.92. The summed E-state index contributed by atoms with van der Waals surface area (Å²) >= 11 is 0. The minimum Gasteiger partial charge on any atom is -0.508 e. The van der Waals surface area contributed by atoms with Crippen LogP contribution in [0.3, 0.4) is 0 Å². The molecule has 0 saturated heterocycles. The van der Waals surface area contributed by atoms with Gasteiger partial charge in [0, 0.05) is 24.6 Å². The van der Waals surface area contributed by atoms with Crippen LogP contribution in [-0.4, -0.2) is 22.5 Å². The summed E-state index contributed by atoms with van der Waals surface area (Å²) in [5, 5.41) is 9.42. The van der Waals surface area contributed by atoms with Crippen molar-refractivity contribution in [1.82, 2.24) is 4.98 Å². The molecule has 0 aliphatic carbocycles. The lowest BCUT2D eigenvalue weighted by Gasteiger charge is -2.17. The zero-order chi connectivity index (χ0) is 13.2. The van der Waals surface area contributed by atoms with Gasteiger partial charge in [0.05, 0.1) is 6.42 Å². The number of nitrogens with zero attached hydrogens (tertiary/aromatic N) is 2. The van der Waals surface area contributed by atoms with E-state index in [4.69, 9.17) is 0 Å². The van der Waals surface area contributed by atoms with E-state index in [0.717, 1.165) is 23.2 Å². The Labute approximate surface area is 111 Å². The standard InChI is InChI=1S/C15H14N2O2/c18-13-3-1-2-11(8-13)9-15(19)17-7-5-12-10-16-6-4-14(12)17/h1-4,6,8,10,18H,5,7,9H2. The highest BCUT2D eigenvalue weighted by molar-refractivity contribution is 5.96. The van der Waals surface area contributed by atoms with E-state index in [1.54, 1.807) is 29.3 Å². The molecule has 1 aromatic carbocycles. The number of carbonyl (C=O) groups excluding carboxylic acids is 1. The number of phenols is 1. The maximum atomic E-state index is 12.3. The van der Waals surface area contributed by atoms with Gasteiger partial charge < -0.3 is 10.0 Å². The average molecular weight is 254 g/mol. The summed E-state index contributed by atoms with van der Waals surface area (Å²) in [4.78, 5) is 18.2. The minimum atomic E-state index is 0.0514. The number of phenolic OH excluding ortho intramolecular Hbond substituents is 1. The van der Waals surface area contributed by atoms with Gasteiger partial charge in [-0.15, -0.1) is 0 Å². The molecule has 96 valence electrons. The predicted molar refractivity (Wildman–Crippen MR) is 72.1 cm³/mol. The van der Waals surface area contributed by atoms with Gasteiger partial charge in [-0.2, -0.15) is 0 Å². The van der Waals surface area contributed by atoms with Gasteiger partial charge >= 0.3 is 0 Å². The third kappa shape index (κ3) is 2.29. The lowest BCUT2D eigenvalue weighted by atomic mass is 10.1. The van der Waals surface area contributed by atoms with Crippen molar-refractivity contribution in [3.63, 3.8) is 0 Å². The molecule has 2 heterocycles. The molecule has 4 nitrogen and oxygen atoms in total. The summed E-state index contributed by atoms with van der Waals surface area (Å²) in [6.45, 7) is 0.707. The first-order valence-corrected chi connectivity index (χ1v) is 6.25. The zero-order valence-corrected chi connectivity index (χ0v) is 10.4. The minimum absolute atomic E-state index is 0.0514. The Bertz CT molecular complexity index is 625. The molecule has 19 heavy (non-hydrogen) atoms. The molecule has 4 heteroatoms. The number of anilines is 1. The summed E-state index contributed by atoms with van der Waals surface area (Å²) in [6.07, 6.45) is 4.68. The van der Waals surface area contributed by atoms with Gasteiger partial charge in [-0.3, -0.25) is 9.78 Å². The van der Waals surface area contributed by atoms with Gasteiger partial charge in [-0.25, -0.2) is 0 Å². The molecule has 1 amide bonds. The van der Waals surface area contributed by atoms with Crippen LogP contribution in [0.5, 0.6) is 5.75 Å². The number of aromatic hydroxyl groups is 1. The quantitative estimate of drug-likeness (QED) is 0.890. The van der Waals surface area contributed by atoms with Crippen molar-refractivity contribution in [1.29, 1.82) is 0 Å². The van der Waals surface area contributed by atoms with E-state index < -0.39 is 0 Å². The number of rotatable bonds is 2. The summed E-state index contributed by atoms with van der Waals surface area (Å²) in [5.74, 6) is 0.242. The maximum absolute atomic E-state index is 12.3. The molecule has 2 aromatic rings. The SMILES string of the molecule is O=C(Cc1cccc(O)c1)N1CCc2cnccc21. The van der Waals surface area contributed by atoms with Gasteiger partial charge in [0.25, 0.3) is 0 Å². The molecule has 1 aromatic heterocycles. The molecule has 0 bridgehead atoms. The van der Waals surface area contributed by atoms with Crippen LogP contribution in [-0.2, 0) is 17.6 Å². The van der Waals surface area contributed by atoms with Crippen LogP contribution in [0.1, 0.15) is 11.1 Å². The first-order valence-electron chi connectivity index (χ1n) is 6.25. The Morgan fingerprint density at radius 2 is 2.26 bits per heavy atom. The van der Waals surface area contributed by atoms with Crippen molar-refractivity contribution in [3.8, 4) is 5.75 Å². The summed E-state index contributed by atoms with van der Waals surface area (Å²) in [7, 11) is 0. The highest BCUT2D eigenvalue weighted by Gasteiger charge is 2.24. The Morgan fingerprint density at radius 3 is 3.11 bits per heavy atom. The number of carbonyl (C=O) groups is 1. The number of aromatic nitrogens is 1. The Balaban J connectivity index is 1.79. The van der Waals surface area contributed by atoms with E-state index in [2.05, 4.69) is 4.98 Å². The third-order valence-electron chi connectivity index (χ3n) is 3.34. The smallest absolute Gasteiger partial charge is 0.231 e. The number of hydrogen-bond acceptors (Lipinski definition) is 3. The van der Waals surface area contributed by atoms with Crippen LogP contribution in [0.2, 0.25) is 0 Å². The second-order valence-corrected chi connectivity index (χ2v) is 4.65. The van der Waals surface area contributed by atoms with E-state index in [0.29, 0.717) is 13.0 Å². The Morgan fingerprint density at radius 1 is 1.37 bits per heavy atom. The molecular formula is C15H14N2O2. The number of fused-ring (bicyclic) bond motifs is 1. The van der Waals surface area contributed by atoms with E-state index in [9.17, 15) is 9.90 Å². The number of amides is 1. The van der Waals surface area contributed by atoms with Gasteiger partial charge in [-0.1, -0.05) is 12.1 Å². The average Bonchev–Trinajstić information content (AvgIpc) is 2.82. The second-order valence-electron chi connectivity index (χ2n) is 4.65. The topological polar surface area (TPSA) is 53.4 Å². The largest absolute Gasteiger partial charge is 0.508 e. The van der Waals surface area contributed by atoms with Crippen LogP contribution < -0.4 is 4.90 Å². The first-order chi connectivity index (χ1) is 9.24.